The maximum atomic E-state index is 11.8. The van der Waals surface area contributed by atoms with Crippen LogP contribution < -0.4 is 15.8 Å². The lowest BCUT2D eigenvalue weighted by Crippen LogP contribution is -2.13. The standard InChI is InChI=1S/C18H25N3O2S/c1-2-3-6-12-23-16-9-5-4-8-14(16)15-13-24-18(20-15)21-17(22)10-7-11-19/h4-5,8-9,13H,2-3,6-7,10-12,19H2,1H3,(H,20,21,22). The minimum absolute atomic E-state index is 0.0505. The molecule has 0 fully saturated rings. The summed E-state index contributed by atoms with van der Waals surface area (Å²) >= 11 is 1.42. The third kappa shape index (κ3) is 5.62. The molecule has 0 bridgehead atoms. The van der Waals surface area contributed by atoms with Gasteiger partial charge in [-0.15, -0.1) is 11.3 Å². The summed E-state index contributed by atoms with van der Waals surface area (Å²) in [6.07, 6.45) is 4.48. The van der Waals surface area contributed by atoms with E-state index in [2.05, 4.69) is 17.2 Å². The molecule has 1 aromatic heterocycles. The predicted octanol–water partition coefficient (Wildman–Crippen LogP) is 4.06. The quantitative estimate of drug-likeness (QED) is 0.636. The second-order valence-electron chi connectivity index (χ2n) is 5.53. The van der Waals surface area contributed by atoms with Crippen LogP contribution in [0, 0.1) is 0 Å². The lowest BCUT2D eigenvalue weighted by atomic mass is 10.1. The molecular weight excluding hydrogens is 322 g/mol. The highest BCUT2D eigenvalue weighted by atomic mass is 32.1. The predicted molar refractivity (Wildman–Crippen MR) is 99.5 cm³/mol. The SMILES string of the molecule is CCCCCOc1ccccc1-c1csc(NC(=O)CCCN)n1. The van der Waals surface area contributed by atoms with Crippen LogP contribution in [-0.4, -0.2) is 24.0 Å². The van der Waals surface area contributed by atoms with Gasteiger partial charge in [0.2, 0.25) is 5.91 Å². The van der Waals surface area contributed by atoms with Crippen molar-refractivity contribution in [2.24, 2.45) is 5.73 Å². The molecular formula is C18H25N3O2S. The number of aromatic nitrogens is 1. The molecule has 2 rings (SSSR count). The smallest absolute Gasteiger partial charge is 0.226 e. The number of benzene rings is 1. The minimum Gasteiger partial charge on any atom is -0.493 e. The fraction of sp³-hybridized carbons (Fsp3) is 0.444. The second kappa shape index (κ2) is 10.1. The van der Waals surface area contributed by atoms with Crippen molar-refractivity contribution in [3.63, 3.8) is 0 Å². The van der Waals surface area contributed by atoms with E-state index in [1.54, 1.807) is 0 Å². The van der Waals surface area contributed by atoms with Gasteiger partial charge in [-0.25, -0.2) is 4.98 Å². The molecule has 1 amide bonds. The van der Waals surface area contributed by atoms with Crippen LogP contribution in [0.25, 0.3) is 11.3 Å². The zero-order valence-electron chi connectivity index (χ0n) is 14.1. The molecule has 0 aliphatic rings. The molecule has 0 atom stereocenters. The highest BCUT2D eigenvalue weighted by Gasteiger charge is 2.11. The molecule has 3 N–H and O–H groups in total. The van der Waals surface area contributed by atoms with Crippen molar-refractivity contribution >= 4 is 22.4 Å². The molecule has 130 valence electrons. The van der Waals surface area contributed by atoms with Gasteiger partial charge in [-0.2, -0.15) is 0 Å². The van der Waals surface area contributed by atoms with E-state index >= 15 is 0 Å². The van der Waals surface area contributed by atoms with E-state index in [0.29, 0.717) is 31.1 Å². The van der Waals surface area contributed by atoms with Crippen LogP contribution in [0.15, 0.2) is 29.6 Å². The number of thiazole rings is 1. The fourth-order valence-electron chi connectivity index (χ4n) is 2.24. The van der Waals surface area contributed by atoms with Crippen LogP contribution in [0.2, 0.25) is 0 Å². The Hall–Kier alpha value is -1.92. The lowest BCUT2D eigenvalue weighted by Gasteiger charge is -2.09. The monoisotopic (exact) mass is 347 g/mol. The van der Waals surface area contributed by atoms with E-state index in [0.717, 1.165) is 29.8 Å². The normalized spacial score (nSPS) is 10.6. The van der Waals surface area contributed by atoms with Crippen molar-refractivity contribution in [1.82, 2.24) is 4.98 Å². The number of rotatable bonds is 10. The van der Waals surface area contributed by atoms with Gasteiger partial charge in [0, 0.05) is 17.4 Å². The maximum Gasteiger partial charge on any atom is 0.226 e. The van der Waals surface area contributed by atoms with Gasteiger partial charge in [0.25, 0.3) is 0 Å². The zero-order chi connectivity index (χ0) is 17.2. The molecule has 0 aliphatic heterocycles. The molecule has 0 saturated carbocycles. The van der Waals surface area contributed by atoms with Crippen LogP contribution in [-0.2, 0) is 4.79 Å². The Kier molecular flexibility index (Phi) is 7.71. The number of amides is 1. The Balaban J connectivity index is 2.02. The summed E-state index contributed by atoms with van der Waals surface area (Å²) in [6.45, 7) is 3.39. The molecule has 6 heteroatoms. The van der Waals surface area contributed by atoms with Crippen molar-refractivity contribution in [2.45, 2.75) is 39.0 Å². The molecule has 0 spiro atoms. The van der Waals surface area contributed by atoms with Gasteiger partial charge in [0.15, 0.2) is 5.13 Å². The van der Waals surface area contributed by atoms with Crippen LogP contribution in [0.3, 0.4) is 0 Å². The topological polar surface area (TPSA) is 77.2 Å². The third-order valence-corrected chi connectivity index (χ3v) is 4.28. The Labute approximate surface area is 147 Å². The van der Waals surface area contributed by atoms with Crippen molar-refractivity contribution in [1.29, 1.82) is 0 Å². The average Bonchev–Trinajstić information content (AvgIpc) is 3.05. The van der Waals surface area contributed by atoms with Gasteiger partial charge in [-0.05, 0) is 31.5 Å². The molecule has 1 aromatic carbocycles. The summed E-state index contributed by atoms with van der Waals surface area (Å²) in [7, 11) is 0. The average molecular weight is 347 g/mol. The van der Waals surface area contributed by atoms with Gasteiger partial charge in [0.05, 0.1) is 12.3 Å². The molecule has 0 aliphatic carbocycles. The molecule has 24 heavy (non-hydrogen) atoms. The Bertz CT molecular complexity index is 643. The summed E-state index contributed by atoms with van der Waals surface area (Å²) < 4.78 is 5.90. The number of nitrogens with one attached hydrogen (secondary N) is 1. The van der Waals surface area contributed by atoms with Crippen molar-refractivity contribution < 1.29 is 9.53 Å². The van der Waals surface area contributed by atoms with E-state index in [-0.39, 0.29) is 5.91 Å². The summed E-state index contributed by atoms with van der Waals surface area (Å²) in [5.41, 5.74) is 7.19. The van der Waals surface area contributed by atoms with E-state index in [4.69, 9.17) is 10.5 Å². The second-order valence-corrected chi connectivity index (χ2v) is 6.39. The van der Waals surface area contributed by atoms with Gasteiger partial charge in [-0.1, -0.05) is 31.9 Å². The number of unbranched alkanes of at least 4 members (excludes halogenated alkanes) is 2. The van der Waals surface area contributed by atoms with Gasteiger partial charge >= 0.3 is 0 Å². The summed E-state index contributed by atoms with van der Waals surface area (Å²) in [6, 6.07) is 7.87. The van der Waals surface area contributed by atoms with Crippen LogP contribution >= 0.6 is 11.3 Å². The fourth-order valence-corrected chi connectivity index (χ4v) is 2.96. The van der Waals surface area contributed by atoms with Crippen molar-refractivity contribution in [2.75, 3.05) is 18.5 Å². The van der Waals surface area contributed by atoms with Gasteiger partial charge < -0.3 is 15.8 Å². The Morgan fingerprint density at radius 1 is 1.29 bits per heavy atom. The largest absolute Gasteiger partial charge is 0.493 e. The number of para-hydroxylation sites is 1. The number of nitrogens with two attached hydrogens (primary N) is 1. The van der Waals surface area contributed by atoms with Crippen molar-refractivity contribution in [3.8, 4) is 17.0 Å². The Morgan fingerprint density at radius 2 is 2.12 bits per heavy atom. The van der Waals surface area contributed by atoms with Gasteiger partial charge in [0.1, 0.15) is 5.75 Å². The van der Waals surface area contributed by atoms with Crippen LogP contribution in [0.5, 0.6) is 5.75 Å². The molecule has 0 unspecified atom stereocenters. The van der Waals surface area contributed by atoms with E-state index in [1.165, 1.54) is 17.8 Å². The highest BCUT2D eigenvalue weighted by Crippen LogP contribution is 2.32. The van der Waals surface area contributed by atoms with Gasteiger partial charge in [-0.3, -0.25) is 4.79 Å². The number of ether oxygens (including phenoxy) is 1. The summed E-state index contributed by atoms with van der Waals surface area (Å²) in [5.74, 6) is 0.783. The number of anilines is 1. The lowest BCUT2D eigenvalue weighted by molar-refractivity contribution is -0.116. The number of nitrogens with zero attached hydrogens (tertiary/aromatic N) is 1. The number of carbonyl (C=O) groups is 1. The molecule has 5 nitrogen and oxygen atoms in total. The minimum atomic E-state index is -0.0505. The van der Waals surface area contributed by atoms with E-state index in [1.807, 2.05) is 29.6 Å². The zero-order valence-corrected chi connectivity index (χ0v) is 14.9. The number of hydrogen-bond donors (Lipinski definition) is 2. The summed E-state index contributed by atoms with van der Waals surface area (Å²) in [5, 5.41) is 5.36. The maximum absolute atomic E-state index is 11.8. The first-order valence-electron chi connectivity index (χ1n) is 8.42. The molecule has 0 radical (unpaired) electrons. The van der Waals surface area contributed by atoms with E-state index in [9.17, 15) is 4.79 Å². The molecule has 0 saturated heterocycles. The Morgan fingerprint density at radius 3 is 2.92 bits per heavy atom. The highest BCUT2D eigenvalue weighted by molar-refractivity contribution is 7.14. The molecule has 2 aromatic rings. The van der Waals surface area contributed by atoms with Crippen LogP contribution in [0.4, 0.5) is 5.13 Å². The summed E-state index contributed by atoms with van der Waals surface area (Å²) in [4.78, 5) is 16.3. The van der Waals surface area contributed by atoms with Crippen molar-refractivity contribution in [3.05, 3.63) is 29.6 Å². The number of hydrogen-bond acceptors (Lipinski definition) is 5. The first-order valence-corrected chi connectivity index (χ1v) is 9.30. The number of carbonyl (C=O) groups excluding carboxylic acids is 1. The first-order chi connectivity index (χ1) is 11.7. The molecule has 1 heterocycles. The van der Waals surface area contributed by atoms with E-state index < -0.39 is 0 Å². The van der Waals surface area contributed by atoms with Crippen LogP contribution in [0.1, 0.15) is 39.0 Å². The first kappa shape index (κ1) is 18.4. The third-order valence-electron chi connectivity index (χ3n) is 3.53.